The number of aryl methyl sites for hydroxylation is 1. The molecule has 3 aromatic rings. The third-order valence-corrected chi connectivity index (χ3v) is 5.07. The Bertz CT molecular complexity index is 946. The maximum Gasteiger partial charge on any atom is 0.222 e. The van der Waals surface area contributed by atoms with Crippen molar-refractivity contribution in [3.63, 3.8) is 0 Å². The minimum atomic E-state index is 0. The summed E-state index contributed by atoms with van der Waals surface area (Å²) in [5.74, 6) is 1.30. The van der Waals surface area contributed by atoms with E-state index in [1.807, 2.05) is 13.1 Å². The highest BCUT2D eigenvalue weighted by Gasteiger charge is 2.19. The topological polar surface area (TPSA) is 50.7 Å². The summed E-state index contributed by atoms with van der Waals surface area (Å²) in [5, 5.41) is 4.41. The first-order valence-electron chi connectivity index (χ1n) is 8.28. The van der Waals surface area contributed by atoms with Crippen molar-refractivity contribution in [1.29, 1.82) is 0 Å². The second kappa shape index (κ2) is 5.98. The van der Waals surface area contributed by atoms with Gasteiger partial charge < -0.3 is 5.32 Å². The number of aromatic nitrogens is 3. The van der Waals surface area contributed by atoms with E-state index in [2.05, 4.69) is 58.4 Å². The van der Waals surface area contributed by atoms with Gasteiger partial charge in [-0.3, -0.25) is 0 Å². The molecule has 4 rings (SSSR count). The van der Waals surface area contributed by atoms with Crippen molar-refractivity contribution in [2.45, 2.75) is 27.2 Å². The fourth-order valence-electron chi connectivity index (χ4n) is 2.97. The lowest BCUT2D eigenvalue weighted by molar-refractivity contribution is 0.684. The predicted octanol–water partition coefficient (Wildman–Crippen LogP) is 4.70. The van der Waals surface area contributed by atoms with Gasteiger partial charge >= 0.3 is 0 Å². The number of nitrogens with zero attached hydrogens (tertiary/aromatic N) is 3. The van der Waals surface area contributed by atoms with Gasteiger partial charge in [-0.2, -0.15) is 0 Å². The number of rotatable bonds is 4. The molecule has 0 saturated heterocycles. The molecule has 1 aliphatic carbocycles. The molecule has 1 N–H and O–H groups in total. The fourth-order valence-corrected chi connectivity index (χ4v) is 3.83. The van der Waals surface area contributed by atoms with Gasteiger partial charge in [0.1, 0.15) is 0 Å². The molecule has 24 heavy (non-hydrogen) atoms. The molecule has 0 saturated carbocycles. The average Bonchev–Trinajstić information content (AvgIpc) is 3.13. The number of fused-ring (bicyclic) bond motifs is 2. The lowest BCUT2D eigenvalue weighted by Crippen LogP contribution is -2.11. The van der Waals surface area contributed by atoms with E-state index < -0.39 is 0 Å². The van der Waals surface area contributed by atoms with Gasteiger partial charge in [-0.05, 0) is 36.1 Å². The predicted molar refractivity (Wildman–Crippen MR) is 103 cm³/mol. The van der Waals surface area contributed by atoms with Crippen LogP contribution in [0.4, 0.5) is 5.95 Å². The van der Waals surface area contributed by atoms with Crippen LogP contribution >= 0.6 is 11.3 Å². The summed E-state index contributed by atoms with van der Waals surface area (Å²) in [6.45, 7) is 7.29. The van der Waals surface area contributed by atoms with E-state index in [0.717, 1.165) is 40.7 Å². The quantitative estimate of drug-likeness (QED) is 0.749. The molecule has 0 atom stereocenters. The number of anilines is 1. The Balaban J connectivity index is 0.00000182. The zero-order chi connectivity index (χ0) is 16.7. The van der Waals surface area contributed by atoms with Crippen LogP contribution in [0, 0.1) is 12.8 Å². The van der Waals surface area contributed by atoms with Gasteiger partial charge in [0.25, 0.3) is 0 Å². The first-order chi connectivity index (χ1) is 11.6. The summed E-state index contributed by atoms with van der Waals surface area (Å²) in [7, 11) is 0. The SMILES string of the molecule is Cc1nc2ccc(C3=CCc4nc(NCC(C)C)ncc43)cc2s1.[HH]. The first-order valence-corrected chi connectivity index (χ1v) is 9.09. The van der Waals surface area contributed by atoms with Crippen LogP contribution in [0.5, 0.6) is 0 Å². The largest absolute Gasteiger partial charge is 0.354 e. The molecule has 0 radical (unpaired) electrons. The average molecular weight is 338 g/mol. The number of nitrogens with one attached hydrogen (secondary N) is 1. The van der Waals surface area contributed by atoms with E-state index in [4.69, 9.17) is 0 Å². The van der Waals surface area contributed by atoms with Crippen molar-refractivity contribution >= 4 is 33.1 Å². The van der Waals surface area contributed by atoms with Crippen molar-refractivity contribution in [2.75, 3.05) is 11.9 Å². The molecule has 5 heteroatoms. The lowest BCUT2D eigenvalue weighted by Gasteiger charge is -2.10. The number of hydrogen-bond donors (Lipinski definition) is 1. The minimum Gasteiger partial charge on any atom is -0.354 e. The van der Waals surface area contributed by atoms with Crippen LogP contribution in [0.2, 0.25) is 0 Å². The van der Waals surface area contributed by atoms with E-state index in [0.29, 0.717) is 5.92 Å². The number of thiazole rings is 1. The Kier molecular flexibility index (Phi) is 3.81. The van der Waals surface area contributed by atoms with Crippen molar-refractivity contribution in [3.8, 4) is 0 Å². The van der Waals surface area contributed by atoms with Gasteiger partial charge in [-0.15, -0.1) is 11.3 Å². The number of allylic oxidation sites excluding steroid dienone is 1. The first kappa shape index (κ1) is 15.3. The summed E-state index contributed by atoms with van der Waals surface area (Å²) in [5.41, 5.74) is 5.77. The summed E-state index contributed by atoms with van der Waals surface area (Å²) in [6.07, 6.45) is 5.07. The Hall–Kier alpha value is -2.27. The zero-order valence-electron chi connectivity index (χ0n) is 14.1. The molecule has 0 unspecified atom stereocenters. The van der Waals surface area contributed by atoms with Crippen LogP contribution in [-0.4, -0.2) is 21.5 Å². The summed E-state index contributed by atoms with van der Waals surface area (Å²) in [6, 6.07) is 6.48. The third kappa shape index (κ3) is 2.80. The van der Waals surface area contributed by atoms with Crippen molar-refractivity contribution < 1.29 is 1.43 Å². The molecule has 1 aromatic carbocycles. The fraction of sp³-hybridized carbons (Fsp3) is 0.316. The molecular formula is C19H22N4S. The lowest BCUT2D eigenvalue weighted by atomic mass is 10.0. The van der Waals surface area contributed by atoms with E-state index in [-0.39, 0.29) is 1.43 Å². The van der Waals surface area contributed by atoms with Crippen LogP contribution in [0.15, 0.2) is 30.5 Å². The van der Waals surface area contributed by atoms with Crippen LogP contribution in [0.1, 0.15) is 37.1 Å². The molecule has 4 nitrogen and oxygen atoms in total. The highest BCUT2D eigenvalue weighted by atomic mass is 32.1. The van der Waals surface area contributed by atoms with Crippen LogP contribution in [0.3, 0.4) is 0 Å². The number of benzene rings is 1. The van der Waals surface area contributed by atoms with Crippen molar-refractivity contribution in [2.24, 2.45) is 5.92 Å². The Morgan fingerprint density at radius 2 is 2.17 bits per heavy atom. The van der Waals surface area contributed by atoms with Crippen molar-refractivity contribution in [3.05, 3.63) is 52.3 Å². The molecule has 124 valence electrons. The van der Waals surface area contributed by atoms with E-state index in [9.17, 15) is 0 Å². The van der Waals surface area contributed by atoms with Crippen LogP contribution < -0.4 is 5.32 Å². The standard InChI is InChI=1S/C19H20N4S.H2/c1-11(2)9-20-19-21-10-15-14(5-7-16(15)23-19)13-4-6-17-18(8-13)24-12(3)22-17;/h4-6,8,10-11H,7,9H2,1-3H3,(H,20,21,23);1H. The van der Waals surface area contributed by atoms with Gasteiger partial charge in [-0.25, -0.2) is 15.0 Å². The molecule has 1 aliphatic rings. The van der Waals surface area contributed by atoms with Crippen LogP contribution in [0.25, 0.3) is 15.8 Å². The molecule has 0 bridgehead atoms. The molecule has 0 aliphatic heterocycles. The number of hydrogen-bond acceptors (Lipinski definition) is 5. The molecule has 0 spiro atoms. The Morgan fingerprint density at radius 1 is 1.29 bits per heavy atom. The monoisotopic (exact) mass is 338 g/mol. The molecule has 2 heterocycles. The highest BCUT2D eigenvalue weighted by molar-refractivity contribution is 7.18. The second-order valence-corrected chi connectivity index (χ2v) is 7.80. The van der Waals surface area contributed by atoms with E-state index >= 15 is 0 Å². The summed E-state index contributed by atoms with van der Waals surface area (Å²) in [4.78, 5) is 13.7. The van der Waals surface area contributed by atoms with Gasteiger partial charge in [0.15, 0.2) is 0 Å². The second-order valence-electron chi connectivity index (χ2n) is 6.57. The Morgan fingerprint density at radius 3 is 3.00 bits per heavy atom. The third-order valence-electron chi connectivity index (χ3n) is 4.13. The normalized spacial score (nSPS) is 13.4. The van der Waals surface area contributed by atoms with Crippen molar-refractivity contribution in [1.82, 2.24) is 15.0 Å². The van der Waals surface area contributed by atoms with Crippen LogP contribution in [-0.2, 0) is 6.42 Å². The molecular weight excluding hydrogens is 316 g/mol. The smallest absolute Gasteiger partial charge is 0.222 e. The van der Waals surface area contributed by atoms with Gasteiger partial charge in [0.05, 0.1) is 20.9 Å². The zero-order valence-corrected chi connectivity index (χ0v) is 14.9. The maximum absolute atomic E-state index is 4.68. The molecule has 0 amide bonds. The summed E-state index contributed by atoms with van der Waals surface area (Å²) >= 11 is 1.74. The van der Waals surface area contributed by atoms with Gasteiger partial charge in [0.2, 0.25) is 5.95 Å². The van der Waals surface area contributed by atoms with Gasteiger partial charge in [-0.1, -0.05) is 26.0 Å². The Labute approximate surface area is 147 Å². The highest BCUT2D eigenvalue weighted by Crippen LogP contribution is 2.34. The van der Waals surface area contributed by atoms with E-state index in [1.54, 1.807) is 11.3 Å². The minimum absolute atomic E-state index is 0. The van der Waals surface area contributed by atoms with E-state index in [1.165, 1.54) is 15.8 Å². The van der Waals surface area contributed by atoms with Gasteiger partial charge in [0, 0.05) is 26.2 Å². The molecule has 2 aromatic heterocycles. The summed E-state index contributed by atoms with van der Waals surface area (Å²) < 4.78 is 1.23. The molecule has 0 fully saturated rings. The maximum atomic E-state index is 4.68.